The molecule has 184 valence electrons. The SMILES string of the molecule is COc1ccc(CN2CCCN(c3ccc(CNC(=O)c4ccc(Cl)cc4)cc3)CC2)cc1OC. The van der Waals surface area contributed by atoms with Gasteiger partial charge in [-0.05, 0) is 66.1 Å². The molecule has 1 fully saturated rings. The zero-order valence-corrected chi connectivity index (χ0v) is 21.1. The van der Waals surface area contributed by atoms with Crippen LogP contribution in [0.15, 0.2) is 66.7 Å². The van der Waals surface area contributed by atoms with E-state index in [9.17, 15) is 4.79 Å². The minimum absolute atomic E-state index is 0.104. The van der Waals surface area contributed by atoms with Gasteiger partial charge in [-0.1, -0.05) is 29.8 Å². The zero-order chi connectivity index (χ0) is 24.6. The number of nitrogens with zero attached hydrogens (tertiary/aromatic N) is 2. The van der Waals surface area contributed by atoms with Crippen molar-refractivity contribution in [3.05, 3.63) is 88.4 Å². The van der Waals surface area contributed by atoms with Gasteiger partial charge in [-0.15, -0.1) is 0 Å². The number of hydrogen-bond acceptors (Lipinski definition) is 5. The number of methoxy groups -OCH3 is 2. The van der Waals surface area contributed by atoms with Crippen molar-refractivity contribution in [2.24, 2.45) is 0 Å². The van der Waals surface area contributed by atoms with Gasteiger partial charge in [-0.2, -0.15) is 0 Å². The molecular formula is C28H32ClN3O3. The van der Waals surface area contributed by atoms with Crippen LogP contribution in [0.25, 0.3) is 0 Å². The molecule has 0 radical (unpaired) electrons. The summed E-state index contributed by atoms with van der Waals surface area (Å²) in [5.41, 5.74) is 4.11. The smallest absolute Gasteiger partial charge is 0.251 e. The molecular weight excluding hydrogens is 462 g/mol. The van der Waals surface area contributed by atoms with Crippen LogP contribution in [0.4, 0.5) is 5.69 Å². The Bertz CT molecular complexity index is 1120. The quantitative estimate of drug-likeness (QED) is 0.478. The summed E-state index contributed by atoms with van der Waals surface area (Å²) < 4.78 is 10.8. The van der Waals surface area contributed by atoms with Gasteiger partial charge in [0.25, 0.3) is 5.91 Å². The van der Waals surface area contributed by atoms with Crippen molar-refractivity contribution in [2.75, 3.05) is 45.3 Å². The molecule has 3 aromatic rings. The predicted molar refractivity (Wildman–Crippen MR) is 141 cm³/mol. The van der Waals surface area contributed by atoms with E-state index in [1.54, 1.807) is 38.5 Å². The Hall–Kier alpha value is -3.22. The van der Waals surface area contributed by atoms with Crippen LogP contribution in [0.2, 0.25) is 5.02 Å². The van der Waals surface area contributed by atoms with Crippen LogP contribution >= 0.6 is 11.6 Å². The van der Waals surface area contributed by atoms with E-state index in [-0.39, 0.29) is 5.91 Å². The highest BCUT2D eigenvalue weighted by molar-refractivity contribution is 6.30. The molecule has 0 aromatic heterocycles. The zero-order valence-electron chi connectivity index (χ0n) is 20.3. The first-order valence-corrected chi connectivity index (χ1v) is 12.2. The molecule has 1 heterocycles. The molecule has 0 bridgehead atoms. The van der Waals surface area contributed by atoms with Gasteiger partial charge in [-0.25, -0.2) is 0 Å². The maximum absolute atomic E-state index is 12.3. The maximum atomic E-state index is 12.3. The van der Waals surface area contributed by atoms with Gasteiger partial charge in [0.1, 0.15) is 0 Å². The van der Waals surface area contributed by atoms with E-state index in [0.717, 1.165) is 56.2 Å². The molecule has 1 aliphatic heterocycles. The molecule has 0 atom stereocenters. The second-order valence-electron chi connectivity index (χ2n) is 8.66. The van der Waals surface area contributed by atoms with Crippen molar-refractivity contribution < 1.29 is 14.3 Å². The second-order valence-corrected chi connectivity index (χ2v) is 9.10. The van der Waals surface area contributed by atoms with Gasteiger partial charge < -0.3 is 19.7 Å². The summed E-state index contributed by atoms with van der Waals surface area (Å²) in [6, 6.07) is 21.5. The average Bonchev–Trinajstić information content (AvgIpc) is 3.13. The summed E-state index contributed by atoms with van der Waals surface area (Å²) in [4.78, 5) is 17.3. The summed E-state index contributed by atoms with van der Waals surface area (Å²) in [5, 5.41) is 3.59. The van der Waals surface area contributed by atoms with Crippen LogP contribution in [0, 0.1) is 0 Å². The third-order valence-electron chi connectivity index (χ3n) is 6.30. The average molecular weight is 494 g/mol. The largest absolute Gasteiger partial charge is 0.493 e. The van der Waals surface area contributed by atoms with E-state index in [1.165, 1.54) is 11.3 Å². The Morgan fingerprint density at radius 3 is 2.29 bits per heavy atom. The van der Waals surface area contributed by atoms with E-state index in [0.29, 0.717) is 17.1 Å². The Morgan fingerprint density at radius 2 is 1.57 bits per heavy atom. The van der Waals surface area contributed by atoms with Gasteiger partial charge in [0, 0.05) is 55.5 Å². The molecule has 1 saturated heterocycles. The number of carbonyl (C=O) groups is 1. The van der Waals surface area contributed by atoms with Gasteiger partial charge >= 0.3 is 0 Å². The van der Waals surface area contributed by atoms with Crippen LogP contribution in [-0.2, 0) is 13.1 Å². The number of benzene rings is 3. The summed E-state index contributed by atoms with van der Waals surface area (Å²) >= 11 is 5.90. The Morgan fingerprint density at radius 1 is 0.857 bits per heavy atom. The van der Waals surface area contributed by atoms with E-state index in [4.69, 9.17) is 21.1 Å². The molecule has 1 amide bonds. The van der Waals surface area contributed by atoms with Crippen LogP contribution in [0.3, 0.4) is 0 Å². The fourth-order valence-electron chi connectivity index (χ4n) is 4.33. The van der Waals surface area contributed by atoms with Crippen LogP contribution < -0.4 is 19.7 Å². The van der Waals surface area contributed by atoms with Crippen molar-refractivity contribution in [3.8, 4) is 11.5 Å². The third kappa shape index (κ3) is 6.68. The molecule has 3 aromatic carbocycles. The lowest BCUT2D eigenvalue weighted by Crippen LogP contribution is -2.30. The molecule has 1 N–H and O–H groups in total. The Balaban J connectivity index is 1.29. The van der Waals surface area contributed by atoms with Crippen molar-refractivity contribution in [2.45, 2.75) is 19.5 Å². The molecule has 0 aliphatic carbocycles. The van der Waals surface area contributed by atoms with Crippen molar-refractivity contribution in [1.29, 1.82) is 0 Å². The first-order valence-electron chi connectivity index (χ1n) is 11.9. The molecule has 4 rings (SSSR count). The van der Waals surface area contributed by atoms with Crippen molar-refractivity contribution in [3.63, 3.8) is 0 Å². The van der Waals surface area contributed by atoms with Crippen molar-refractivity contribution in [1.82, 2.24) is 10.2 Å². The molecule has 1 aliphatic rings. The standard InChI is InChI=1S/C28H32ClN3O3/c1-34-26-13-6-22(18-27(26)35-2)20-31-14-3-15-32(17-16-31)25-11-4-21(5-12-25)19-30-28(33)23-7-9-24(29)10-8-23/h4-13,18H,3,14-17,19-20H2,1-2H3,(H,30,33). The lowest BCUT2D eigenvalue weighted by Gasteiger charge is -2.24. The fourth-order valence-corrected chi connectivity index (χ4v) is 4.46. The molecule has 0 unspecified atom stereocenters. The van der Waals surface area contributed by atoms with Crippen LogP contribution in [0.1, 0.15) is 27.9 Å². The molecule has 7 heteroatoms. The minimum atomic E-state index is -0.104. The number of hydrogen-bond donors (Lipinski definition) is 1. The first-order chi connectivity index (χ1) is 17.1. The normalized spacial score (nSPS) is 14.3. The number of amides is 1. The number of ether oxygens (including phenoxy) is 2. The minimum Gasteiger partial charge on any atom is -0.493 e. The number of anilines is 1. The van der Waals surface area contributed by atoms with Crippen molar-refractivity contribution >= 4 is 23.2 Å². The van der Waals surface area contributed by atoms with E-state index in [1.807, 2.05) is 6.07 Å². The van der Waals surface area contributed by atoms with E-state index in [2.05, 4.69) is 51.5 Å². The molecule has 0 spiro atoms. The lowest BCUT2D eigenvalue weighted by molar-refractivity contribution is 0.0951. The number of carbonyl (C=O) groups excluding carboxylic acids is 1. The van der Waals surface area contributed by atoms with Crippen LogP contribution in [-0.4, -0.2) is 51.2 Å². The Kier molecular flexibility index (Phi) is 8.50. The maximum Gasteiger partial charge on any atom is 0.251 e. The highest BCUT2D eigenvalue weighted by atomic mass is 35.5. The second kappa shape index (κ2) is 12.0. The van der Waals surface area contributed by atoms with Gasteiger partial charge in [-0.3, -0.25) is 9.69 Å². The van der Waals surface area contributed by atoms with E-state index >= 15 is 0 Å². The number of nitrogens with one attached hydrogen (secondary N) is 1. The predicted octanol–water partition coefficient (Wildman–Crippen LogP) is 5.00. The summed E-state index contributed by atoms with van der Waals surface area (Å²) in [5.74, 6) is 1.42. The summed E-state index contributed by atoms with van der Waals surface area (Å²) in [6.07, 6.45) is 1.10. The van der Waals surface area contributed by atoms with Gasteiger partial charge in [0.15, 0.2) is 11.5 Å². The summed E-state index contributed by atoms with van der Waals surface area (Å²) in [6.45, 7) is 5.42. The van der Waals surface area contributed by atoms with Gasteiger partial charge in [0.05, 0.1) is 14.2 Å². The van der Waals surface area contributed by atoms with Gasteiger partial charge in [0.2, 0.25) is 0 Å². The molecule has 6 nitrogen and oxygen atoms in total. The summed E-state index contributed by atoms with van der Waals surface area (Å²) in [7, 11) is 3.33. The highest BCUT2D eigenvalue weighted by Gasteiger charge is 2.16. The topological polar surface area (TPSA) is 54.0 Å². The highest BCUT2D eigenvalue weighted by Crippen LogP contribution is 2.28. The fraction of sp³-hybridized carbons (Fsp3) is 0.321. The monoisotopic (exact) mass is 493 g/mol. The van der Waals surface area contributed by atoms with E-state index < -0.39 is 0 Å². The lowest BCUT2D eigenvalue weighted by atomic mass is 10.1. The first kappa shape index (κ1) is 24.9. The number of halogens is 1. The molecule has 0 saturated carbocycles. The Labute approximate surface area is 212 Å². The number of rotatable bonds is 8. The van der Waals surface area contributed by atoms with Crippen LogP contribution in [0.5, 0.6) is 11.5 Å². The molecule has 35 heavy (non-hydrogen) atoms. The third-order valence-corrected chi connectivity index (χ3v) is 6.56.